The molecule has 4 heteroatoms. The summed E-state index contributed by atoms with van der Waals surface area (Å²) in [6.07, 6.45) is 3.77. The number of nitrogens with zero attached hydrogens (tertiary/aromatic N) is 2. The van der Waals surface area contributed by atoms with E-state index in [4.69, 9.17) is 11.6 Å². The number of halogens is 2. The van der Waals surface area contributed by atoms with Gasteiger partial charge in [-0.15, -0.1) is 11.6 Å². The third-order valence-corrected chi connectivity index (χ3v) is 2.60. The lowest BCUT2D eigenvalue weighted by Crippen LogP contribution is -1.92. The molecule has 0 spiro atoms. The molecule has 0 aliphatic heterocycles. The van der Waals surface area contributed by atoms with E-state index in [0.717, 1.165) is 15.8 Å². The average molecular weight is 260 g/mol. The summed E-state index contributed by atoms with van der Waals surface area (Å²) in [7, 11) is 0. The Balaban J connectivity index is 2.71. The fourth-order valence-corrected chi connectivity index (χ4v) is 1.77. The van der Waals surface area contributed by atoms with Crippen LogP contribution in [0, 0.1) is 0 Å². The molecular weight excluding hydrogens is 251 g/mol. The van der Waals surface area contributed by atoms with Crippen molar-refractivity contribution in [3.8, 4) is 0 Å². The maximum Gasteiger partial charge on any atom is 0.136 e. The van der Waals surface area contributed by atoms with Gasteiger partial charge in [-0.05, 0) is 35.0 Å². The number of pyridine rings is 1. The predicted molar refractivity (Wildman–Crippen MR) is 57.2 cm³/mol. The number of aromatic nitrogens is 2. The fourth-order valence-electron chi connectivity index (χ4n) is 1.27. The molecule has 0 saturated carbocycles. The minimum Gasteiger partial charge on any atom is -0.301 e. The summed E-state index contributed by atoms with van der Waals surface area (Å²) in [4.78, 5) is 4.24. The SMILES string of the molecule is C[C@@H](Cl)c1cnc2ccc(Br)cn12. The second-order valence-electron chi connectivity index (χ2n) is 2.87. The van der Waals surface area contributed by atoms with Gasteiger partial charge in [0.05, 0.1) is 17.3 Å². The predicted octanol–water partition coefficient (Wildman–Crippen LogP) is 3.40. The first-order valence-electron chi connectivity index (χ1n) is 3.95. The molecule has 2 aromatic rings. The zero-order chi connectivity index (χ0) is 9.42. The number of fused-ring (bicyclic) bond motifs is 1. The van der Waals surface area contributed by atoms with Crippen LogP contribution in [0.1, 0.15) is 18.0 Å². The average Bonchev–Trinajstić information content (AvgIpc) is 2.46. The first kappa shape index (κ1) is 9.03. The van der Waals surface area contributed by atoms with Crippen molar-refractivity contribution in [1.82, 2.24) is 9.38 Å². The molecule has 68 valence electrons. The highest BCUT2D eigenvalue weighted by Gasteiger charge is 2.07. The van der Waals surface area contributed by atoms with Crippen LogP contribution < -0.4 is 0 Å². The van der Waals surface area contributed by atoms with Crippen molar-refractivity contribution in [3.63, 3.8) is 0 Å². The van der Waals surface area contributed by atoms with Crippen LogP contribution in [0.3, 0.4) is 0 Å². The molecule has 0 fully saturated rings. The van der Waals surface area contributed by atoms with E-state index in [1.807, 2.05) is 29.7 Å². The van der Waals surface area contributed by atoms with Crippen molar-refractivity contribution in [2.45, 2.75) is 12.3 Å². The highest BCUT2D eigenvalue weighted by Crippen LogP contribution is 2.22. The van der Waals surface area contributed by atoms with Gasteiger partial charge in [-0.2, -0.15) is 0 Å². The molecule has 13 heavy (non-hydrogen) atoms. The zero-order valence-electron chi connectivity index (χ0n) is 7.04. The Bertz CT molecular complexity index is 436. The van der Waals surface area contributed by atoms with Gasteiger partial charge < -0.3 is 4.40 Å². The summed E-state index contributed by atoms with van der Waals surface area (Å²) in [6.45, 7) is 1.94. The van der Waals surface area contributed by atoms with E-state index in [-0.39, 0.29) is 5.38 Å². The molecule has 2 heterocycles. The Morgan fingerprint density at radius 1 is 1.54 bits per heavy atom. The van der Waals surface area contributed by atoms with Crippen LogP contribution in [0.2, 0.25) is 0 Å². The van der Waals surface area contributed by atoms with E-state index in [1.54, 1.807) is 6.20 Å². The van der Waals surface area contributed by atoms with Crippen LogP contribution in [0.4, 0.5) is 0 Å². The lowest BCUT2D eigenvalue weighted by molar-refractivity contribution is 0.960. The molecule has 0 amide bonds. The molecule has 0 saturated heterocycles. The Kier molecular flexibility index (Phi) is 2.30. The first-order chi connectivity index (χ1) is 6.18. The van der Waals surface area contributed by atoms with Crippen molar-refractivity contribution < 1.29 is 0 Å². The summed E-state index contributed by atoms with van der Waals surface area (Å²) in [5, 5.41) is -0.0238. The van der Waals surface area contributed by atoms with Crippen LogP contribution in [-0.2, 0) is 0 Å². The van der Waals surface area contributed by atoms with Crippen molar-refractivity contribution in [2.75, 3.05) is 0 Å². The Morgan fingerprint density at radius 2 is 2.31 bits per heavy atom. The highest BCUT2D eigenvalue weighted by molar-refractivity contribution is 9.10. The van der Waals surface area contributed by atoms with Crippen molar-refractivity contribution in [1.29, 1.82) is 0 Å². The number of hydrogen-bond donors (Lipinski definition) is 0. The van der Waals surface area contributed by atoms with Crippen LogP contribution in [-0.4, -0.2) is 9.38 Å². The standard InChI is InChI=1S/C9H8BrClN2/c1-6(11)8-4-12-9-3-2-7(10)5-13(8)9/h2-6H,1H3/t6-/m1/s1. The Labute approximate surface area is 89.7 Å². The number of alkyl halides is 1. The van der Waals surface area contributed by atoms with Gasteiger partial charge in [-0.1, -0.05) is 0 Å². The fraction of sp³-hybridized carbons (Fsp3) is 0.222. The van der Waals surface area contributed by atoms with E-state index < -0.39 is 0 Å². The summed E-state index contributed by atoms with van der Waals surface area (Å²) >= 11 is 9.41. The quantitative estimate of drug-likeness (QED) is 0.718. The van der Waals surface area contributed by atoms with Crippen molar-refractivity contribution in [3.05, 3.63) is 34.7 Å². The zero-order valence-corrected chi connectivity index (χ0v) is 9.38. The first-order valence-corrected chi connectivity index (χ1v) is 5.18. The summed E-state index contributed by atoms with van der Waals surface area (Å²) in [5.74, 6) is 0. The largest absolute Gasteiger partial charge is 0.301 e. The molecular formula is C9H8BrClN2. The number of rotatable bonds is 1. The lowest BCUT2D eigenvalue weighted by Gasteiger charge is -2.02. The van der Waals surface area contributed by atoms with Gasteiger partial charge in [0.1, 0.15) is 5.65 Å². The summed E-state index contributed by atoms with van der Waals surface area (Å²) in [5.41, 5.74) is 1.93. The Hall–Kier alpha value is -0.540. The third-order valence-electron chi connectivity index (χ3n) is 1.91. The third kappa shape index (κ3) is 1.58. The molecule has 2 rings (SSSR count). The Morgan fingerprint density at radius 3 is 3.00 bits per heavy atom. The van der Waals surface area contributed by atoms with Crippen molar-refractivity contribution in [2.24, 2.45) is 0 Å². The van der Waals surface area contributed by atoms with Gasteiger partial charge in [0.2, 0.25) is 0 Å². The minimum absolute atomic E-state index is 0.0238. The van der Waals surface area contributed by atoms with E-state index in [1.165, 1.54) is 0 Å². The van der Waals surface area contributed by atoms with Gasteiger partial charge in [0.25, 0.3) is 0 Å². The van der Waals surface area contributed by atoms with Gasteiger partial charge >= 0.3 is 0 Å². The molecule has 0 aromatic carbocycles. The van der Waals surface area contributed by atoms with Gasteiger partial charge in [-0.25, -0.2) is 4.98 Å². The normalized spacial score (nSPS) is 13.5. The monoisotopic (exact) mass is 258 g/mol. The second-order valence-corrected chi connectivity index (χ2v) is 4.44. The molecule has 0 aliphatic rings. The molecule has 0 unspecified atom stereocenters. The second kappa shape index (κ2) is 3.31. The van der Waals surface area contributed by atoms with Crippen LogP contribution in [0.5, 0.6) is 0 Å². The molecule has 2 nitrogen and oxygen atoms in total. The van der Waals surface area contributed by atoms with Crippen LogP contribution in [0.15, 0.2) is 29.0 Å². The van der Waals surface area contributed by atoms with E-state index in [2.05, 4.69) is 20.9 Å². The topological polar surface area (TPSA) is 17.3 Å². The lowest BCUT2D eigenvalue weighted by atomic mass is 10.3. The minimum atomic E-state index is -0.0238. The molecule has 0 aliphatic carbocycles. The van der Waals surface area contributed by atoms with Gasteiger partial charge in [0, 0.05) is 10.7 Å². The molecule has 0 radical (unpaired) electrons. The van der Waals surface area contributed by atoms with E-state index in [0.29, 0.717) is 0 Å². The smallest absolute Gasteiger partial charge is 0.136 e. The van der Waals surface area contributed by atoms with Gasteiger partial charge in [0.15, 0.2) is 0 Å². The maximum absolute atomic E-state index is 6.00. The van der Waals surface area contributed by atoms with E-state index in [9.17, 15) is 0 Å². The molecule has 1 atom stereocenters. The highest BCUT2D eigenvalue weighted by atomic mass is 79.9. The molecule has 0 bridgehead atoms. The summed E-state index contributed by atoms with van der Waals surface area (Å²) < 4.78 is 3.01. The van der Waals surface area contributed by atoms with Crippen LogP contribution in [0.25, 0.3) is 5.65 Å². The molecule has 0 N–H and O–H groups in total. The molecule has 2 aromatic heterocycles. The number of hydrogen-bond acceptors (Lipinski definition) is 1. The van der Waals surface area contributed by atoms with Crippen LogP contribution >= 0.6 is 27.5 Å². The number of imidazole rings is 1. The van der Waals surface area contributed by atoms with E-state index >= 15 is 0 Å². The van der Waals surface area contributed by atoms with Gasteiger partial charge in [-0.3, -0.25) is 0 Å². The summed E-state index contributed by atoms with van der Waals surface area (Å²) in [6, 6.07) is 3.91. The van der Waals surface area contributed by atoms with Crippen molar-refractivity contribution >= 4 is 33.2 Å². The maximum atomic E-state index is 6.00.